The van der Waals surface area contributed by atoms with Crippen LogP contribution in [0.1, 0.15) is 23.7 Å². The van der Waals surface area contributed by atoms with Gasteiger partial charge in [0.2, 0.25) is 0 Å². The number of nitrogens with one attached hydrogen (secondary N) is 2. The van der Waals surface area contributed by atoms with Crippen LogP contribution >= 0.6 is 22.6 Å². The molecule has 0 aliphatic heterocycles. The summed E-state index contributed by atoms with van der Waals surface area (Å²) >= 11 is 1.96. The first-order valence-electron chi connectivity index (χ1n) is 5.59. The molecule has 0 aliphatic carbocycles. The van der Waals surface area contributed by atoms with Crippen LogP contribution in [-0.2, 0) is 0 Å². The van der Waals surface area contributed by atoms with Crippen molar-refractivity contribution in [3.05, 3.63) is 33.1 Å². The predicted octanol–water partition coefficient (Wildman–Crippen LogP) is 2.16. The molecule has 0 atom stereocenters. The quantitative estimate of drug-likeness (QED) is 0.610. The number of rotatable bonds is 6. The molecule has 17 heavy (non-hydrogen) atoms. The highest BCUT2D eigenvalue weighted by Crippen LogP contribution is 2.13. The summed E-state index contributed by atoms with van der Waals surface area (Å²) in [4.78, 5) is 11.7. The average molecular weight is 350 g/mol. The Morgan fingerprint density at radius 1 is 1.35 bits per heavy atom. The zero-order valence-electron chi connectivity index (χ0n) is 9.72. The largest absolute Gasteiger partial charge is 0.351 e. The van der Waals surface area contributed by atoms with Crippen molar-refractivity contribution in [3.63, 3.8) is 0 Å². The van der Waals surface area contributed by atoms with Crippen LogP contribution in [0.2, 0.25) is 0 Å². The molecule has 1 aromatic carbocycles. The maximum atomic E-state index is 12.9. The zero-order chi connectivity index (χ0) is 12.7. The molecule has 0 bridgehead atoms. The fraction of sp³-hybridized carbons (Fsp3) is 0.417. The van der Waals surface area contributed by atoms with Crippen molar-refractivity contribution >= 4 is 28.5 Å². The van der Waals surface area contributed by atoms with E-state index in [0.717, 1.165) is 19.5 Å². The molecule has 1 amide bonds. The maximum absolute atomic E-state index is 12.9. The van der Waals surface area contributed by atoms with E-state index in [9.17, 15) is 9.18 Å². The Labute approximate surface area is 114 Å². The molecule has 5 heteroatoms. The first-order valence-corrected chi connectivity index (χ1v) is 6.67. The summed E-state index contributed by atoms with van der Waals surface area (Å²) in [6.07, 6.45) is 1.07. The van der Waals surface area contributed by atoms with E-state index in [1.807, 2.05) is 22.6 Å². The second-order valence-electron chi connectivity index (χ2n) is 3.63. The van der Waals surface area contributed by atoms with Crippen LogP contribution in [0.25, 0.3) is 0 Å². The Kier molecular flexibility index (Phi) is 6.43. The van der Waals surface area contributed by atoms with Gasteiger partial charge in [-0.1, -0.05) is 6.92 Å². The SMILES string of the molecule is CCCNCCNC(=O)c1ccc(F)cc1I. The first kappa shape index (κ1) is 14.4. The fourth-order valence-corrected chi connectivity index (χ4v) is 2.06. The van der Waals surface area contributed by atoms with Gasteiger partial charge in [0.25, 0.3) is 5.91 Å². The van der Waals surface area contributed by atoms with Crippen LogP contribution in [0.3, 0.4) is 0 Å². The Morgan fingerprint density at radius 3 is 2.76 bits per heavy atom. The molecule has 0 aromatic heterocycles. The minimum atomic E-state index is -0.324. The summed E-state index contributed by atoms with van der Waals surface area (Å²) in [6, 6.07) is 4.16. The van der Waals surface area contributed by atoms with E-state index in [4.69, 9.17) is 0 Å². The third-order valence-electron chi connectivity index (χ3n) is 2.19. The lowest BCUT2D eigenvalue weighted by molar-refractivity contribution is 0.0953. The number of hydrogen-bond donors (Lipinski definition) is 2. The van der Waals surface area contributed by atoms with Gasteiger partial charge in [-0.3, -0.25) is 4.79 Å². The lowest BCUT2D eigenvalue weighted by Crippen LogP contribution is -2.32. The van der Waals surface area contributed by atoms with Crippen molar-refractivity contribution in [2.75, 3.05) is 19.6 Å². The van der Waals surface area contributed by atoms with Crippen molar-refractivity contribution in [1.29, 1.82) is 0 Å². The molecule has 1 rings (SSSR count). The molecule has 0 saturated heterocycles. The lowest BCUT2D eigenvalue weighted by Gasteiger charge is -2.07. The predicted molar refractivity (Wildman–Crippen MR) is 74.6 cm³/mol. The number of carbonyl (C=O) groups is 1. The number of benzene rings is 1. The summed E-state index contributed by atoms with van der Waals surface area (Å²) in [6.45, 7) is 4.36. The fourth-order valence-electron chi connectivity index (χ4n) is 1.34. The highest BCUT2D eigenvalue weighted by molar-refractivity contribution is 14.1. The van der Waals surface area contributed by atoms with Gasteiger partial charge in [-0.05, 0) is 53.8 Å². The van der Waals surface area contributed by atoms with E-state index in [1.165, 1.54) is 18.2 Å². The van der Waals surface area contributed by atoms with Gasteiger partial charge in [-0.25, -0.2) is 4.39 Å². The maximum Gasteiger partial charge on any atom is 0.252 e. The minimum Gasteiger partial charge on any atom is -0.351 e. The summed E-state index contributed by atoms with van der Waals surface area (Å²) < 4.78 is 13.5. The van der Waals surface area contributed by atoms with Gasteiger partial charge in [-0.2, -0.15) is 0 Å². The Balaban J connectivity index is 2.42. The van der Waals surface area contributed by atoms with Crippen LogP contribution in [0, 0.1) is 9.39 Å². The topological polar surface area (TPSA) is 41.1 Å². The molecular formula is C12H16FIN2O. The van der Waals surface area contributed by atoms with E-state index >= 15 is 0 Å². The van der Waals surface area contributed by atoms with Crippen molar-refractivity contribution in [2.24, 2.45) is 0 Å². The van der Waals surface area contributed by atoms with Crippen LogP contribution in [-0.4, -0.2) is 25.5 Å². The molecular weight excluding hydrogens is 334 g/mol. The van der Waals surface area contributed by atoms with Gasteiger partial charge < -0.3 is 10.6 Å². The second kappa shape index (κ2) is 7.60. The third-order valence-corrected chi connectivity index (χ3v) is 3.08. The molecule has 0 heterocycles. The van der Waals surface area contributed by atoms with E-state index < -0.39 is 0 Å². The summed E-state index contributed by atoms with van der Waals surface area (Å²) in [7, 11) is 0. The Hall–Kier alpha value is -0.690. The highest BCUT2D eigenvalue weighted by atomic mass is 127. The Morgan fingerprint density at radius 2 is 2.12 bits per heavy atom. The number of hydrogen-bond acceptors (Lipinski definition) is 2. The smallest absolute Gasteiger partial charge is 0.252 e. The number of amides is 1. The molecule has 3 nitrogen and oxygen atoms in total. The summed E-state index contributed by atoms with van der Waals surface area (Å²) in [5.41, 5.74) is 0.516. The minimum absolute atomic E-state index is 0.160. The molecule has 2 N–H and O–H groups in total. The summed E-state index contributed by atoms with van der Waals surface area (Å²) in [5, 5.41) is 5.98. The van der Waals surface area contributed by atoms with Crippen LogP contribution < -0.4 is 10.6 Å². The molecule has 94 valence electrons. The molecule has 1 aromatic rings. The van der Waals surface area contributed by atoms with Crippen molar-refractivity contribution in [3.8, 4) is 0 Å². The third kappa shape index (κ3) is 4.99. The highest BCUT2D eigenvalue weighted by Gasteiger charge is 2.09. The van der Waals surface area contributed by atoms with Crippen molar-refractivity contribution < 1.29 is 9.18 Å². The van der Waals surface area contributed by atoms with Gasteiger partial charge in [0.15, 0.2) is 0 Å². The second-order valence-corrected chi connectivity index (χ2v) is 4.79. The van der Waals surface area contributed by atoms with Gasteiger partial charge in [0.1, 0.15) is 5.82 Å². The molecule has 0 fully saturated rings. The molecule has 0 unspecified atom stereocenters. The number of halogens is 2. The zero-order valence-corrected chi connectivity index (χ0v) is 11.9. The molecule has 0 radical (unpaired) electrons. The summed E-state index contributed by atoms with van der Waals surface area (Å²) in [5.74, 6) is -0.483. The molecule has 0 spiro atoms. The van der Waals surface area contributed by atoms with E-state index in [-0.39, 0.29) is 11.7 Å². The molecule has 0 saturated carbocycles. The van der Waals surface area contributed by atoms with Crippen LogP contribution in [0.5, 0.6) is 0 Å². The van der Waals surface area contributed by atoms with Gasteiger partial charge in [0, 0.05) is 16.7 Å². The van der Waals surface area contributed by atoms with Crippen molar-refractivity contribution in [1.82, 2.24) is 10.6 Å². The first-order chi connectivity index (χ1) is 8.15. The molecule has 0 aliphatic rings. The normalized spacial score (nSPS) is 10.3. The van der Waals surface area contributed by atoms with E-state index in [1.54, 1.807) is 0 Å². The lowest BCUT2D eigenvalue weighted by atomic mass is 10.2. The van der Waals surface area contributed by atoms with Gasteiger partial charge in [0.05, 0.1) is 5.56 Å². The van der Waals surface area contributed by atoms with Crippen LogP contribution in [0.15, 0.2) is 18.2 Å². The van der Waals surface area contributed by atoms with Crippen molar-refractivity contribution in [2.45, 2.75) is 13.3 Å². The van der Waals surface area contributed by atoms with Gasteiger partial charge >= 0.3 is 0 Å². The standard InChI is InChI=1S/C12H16FIN2O/c1-2-5-15-6-7-16-12(17)10-4-3-9(13)8-11(10)14/h3-4,8,15H,2,5-7H2,1H3,(H,16,17). The Bertz CT molecular complexity index is 385. The number of carbonyl (C=O) groups excluding carboxylic acids is 1. The van der Waals surface area contributed by atoms with Crippen LogP contribution in [0.4, 0.5) is 4.39 Å². The average Bonchev–Trinajstić information content (AvgIpc) is 2.28. The monoisotopic (exact) mass is 350 g/mol. The van der Waals surface area contributed by atoms with Gasteiger partial charge in [-0.15, -0.1) is 0 Å². The van der Waals surface area contributed by atoms with E-state index in [2.05, 4.69) is 17.6 Å². The van der Waals surface area contributed by atoms with E-state index in [0.29, 0.717) is 15.7 Å².